The molecule has 0 saturated carbocycles. The van der Waals surface area contributed by atoms with Crippen LogP contribution in [0.5, 0.6) is 0 Å². The highest BCUT2D eigenvalue weighted by atomic mass is 16.6. The van der Waals surface area contributed by atoms with Gasteiger partial charge in [-0.2, -0.15) is 0 Å². The Hall–Kier alpha value is -1.53. The van der Waals surface area contributed by atoms with Gasteiger partial charge in [0, 0.05) is 19.7 Å². The molecule has 6 nitrogen and oxygen atoms in total. The molecule has 0 saturated heterocycles. The minimum atomic E-state index is -0.467. The maximum atomic E-state index is 11.6. The lowest BCUT2D eigenvalue weighted by molar-refractivity contribution is 0.0526. The van der Waals surface area contributed by atoms with Gasteiger partial charge in [-0.25, -0.2) is 4.79 Å². The Bertz CT molecular complexity index is 465. The lowest BCUT2D eigenvalue weighted by Gasteiger charge is -2.20. The van der Waals surface area contributed by atoms with Crippen LogP contribution in [0.2, 0.25) is 0 Å². The van der Waals surface area contributed by atoms with Gasteiger partial charge in [0.25, 0.3) is 0 Å². The quantitative estimate of drug-likeness (QED) is 0.683. The molecule has 1 aromatic rings. The number of alkyl carbamates (subject to hydrolysis) is 1. The van der Waals surface area contributed by atoms with Gasteiger partial charge >= 0.3 is 6.09 Å². The van der Waals surface area contributed by atoms with E-state index >= 15 is 0 Å². The standard InChI is InChI=1S/C17H30N2O4/c1-13-8-9-15(22-13)11-19-14(12-21-5)7-6-10-18-16(20)23-17(2,3)4/h8-9,14,19H,6-7,10-12H2,1-5H3,(H,18,20). The van der Waals surface area contributed by atoms with E-state index in [1.807, 2.05) is 39.8 Å². The van der Waals surface area contributed by atoms with Gasteiger partial charge < -0.3 is 24.5 Å². The van der Waals surface area contributed by atoms with Crippen LogP contribution in [0.1, 0.15) is 45.1 Å². The van der Waals surface area contributed by atoms with Gasteiger partial charge in [0.2, 0.25) is 0 Å². The zero-order valence-corrected chi connectivity index (χ0v) is 14.9. The minimum absolute atomic E-state index is 0.214. The van der Waals surface area contributed by atoms with Gasteiger partial charge in [0.1, 0.15) is 17.1 Å². The van der Waals surface area contributed by atoms with Crippen LogP contribution in [-0.4, -0.2) is 38.0 Å². The first-order chi connectivity index (χ1) is 10.8. The summed E-state index contributed by atoms with van der Waals surface area (Å²) in [4.78, 5) is 11.6. The predicted molar refractivity (Wildman–Crippen MR) is 89.4 cm³/mol. The first kappa shape index (κ1) is 19.5. The number of carbonyl (C=O) groups excluding carboxylic acids is 1. The second-order valence-corrected chi connectivity index (χ2v) is 6.62. The summed E-state index contributed by atoms with van der Waals surface area (Å²) in [6.07, 6.45) is 1.36. The average Bonchev–Trinajstić information content (AvgIpc) is 2.84. The number of nitrogens with one attached hydrogen (secondary N) is 2. The number of hydrogen-bond acceptors (Lipinski definition) is 5. The number of aryl methyl sites for hydroxylation is 1. The van der Waals surface area contributed by atoms with Crippen LogP contribution in [0.15, 0.2) is 16.5 Å². The van der Waals surface area contributed by atoms with Crippen molar-refractivity contribution in [1.29, 1.82) is 0 Å². The second-order valence-electron chi connectivity index (χ2n) is 6.62. The fraction of sp³-hybridized carbons (Fsp3) is 0.706. The number of furan rings is 1. The molecule has 1 amide bonds. The third kappa shape index (κ3) is 9.25. The van der Waals surface area contributed by atoms with E-state index in [2.05, 4.69) is 10.6 Å². The van der Waals surface area contributed by atoms with Crippen LogP contribution in [0.25, 0.3) is 0 Å². The molecule has 0 aliphatic carbocycles. The van der Waals surface area contributed by atoms with Crippen LogP contribution in [0, 0.1) is 6.92 Å². The monoisotopic (exact) mass is 326 g/mol. The van der Waals surface area contributed by atoms with Crippen molar-refractivity contribution in [3.05, 3.63) is 23.7 Å². The topological polar surface area (TPSA) is 72.7 Å². The molecule has 0 radical (unpaired) electrons. The zero-order chi connectivity index (χ0) is 17.3. The molecule has 6 heteroatoms. The molecule has 1 aromatic heterocycles. The fourth-order valence-corrected chi connectivity index (χ4v) is 2.12. The summed E-state index contributed by atoms with van der Waals surface area (Å²) in [6.45, 7) is 9.34. The Morgan fingerprint density at radius 1 is 1.35 bits per heavy atom. The van der Waals surface area contributed by atoms with Crippen molar-refractivity contribution in [3.63, 3.8) is 0 Å². The molecular weight excluding hydrogens is 296 g/mol. The number of amides is 1. The summed E-state index contributed by atoms with van der Waals surface area (Å²) in [5, 5.41) is 6.18. The molecule has 0 fully saturated rings. The van der Waals surface area contributed by atoms with E-state index in [4.69, 9.17) is 13.9 Å². The maximum absolute atomic E-state index is 11.6. The van der Waals surface area contributed by atoms with Gasteiger partial charge in [-0.1, -0.05) is 0 Å². The van der Waals surface area contributed by atoms with E-state index in [0.29, 0.717) is 19.7 Å². The number of ether oxygens (including phenoxy) is 2. The summed E-state index contributed by atoms with van der Waals surface area (Å²) >= 11 is 0. The summed E-state index contributed by atoms with van der Waals surface area (Å²) in [5.41, 5.74) is -0.467. The molecule has 0 spiro atoms. The van der Waals surface area contributed by atoms with Crippen LogP contribution < -0.4 is 10.6 Å². The number of rotatable bonds is 9. The summed E-state index contributed by atoms with van der Waals surface area (Å²) in [6, 6.07) is 4.13. The van der Waals surface area contributed by atoms with E-state index in [1.165, 1.54) is 0 Å². The third-order valence-corrected chi connectivity index (χ3v) is 3.13. The molecular formula is C17H30N2O4. The molecule has 0 aromatic carbocycles. The Morgan fingerprint density at radius 2 is 2.09 bits per heavy atom. The van der Waals surface area contributed by atoms with Gasteiger partial charge in [-0.3, -0.25) is 0 Å². The Kier molecular flexibility index (Phi) is 8.12. The van der Waals surface area contributed by atoms with E-state index in [0.717, 1.165) is 24.4 Å². The first-order valence-corrected chi connectivity index (χ1v) is 8.04. The maximum Gasteiger partial charge on any atom is 0.407 e. The van der Waals surface area contributed by atoms with Crippen molar-refractivity contribution >= 4 is 6.09 Å². The Labute approximate surface area is 138 Å². The third-order valence-electron chi connectivity index (χ3n) is 3.13. The summed E-state index contributed by atoms with van der Waals surface area (Å²) in [5.74, 6) is 1.82. The van der Waals surface area contributed by atoms with E-state index in [1.54, 1.807) is 7.11 Å². The lowest BCUT2D eigenvalue weighted by Crippen LogP contribution is -2.35. The van der Waals surface area contributed by atoms with Crippen molar-refractivity contribution < 1.29 is 18.7 Å². The van der Waals surface area contributed by atoms with Crippen molar-refractivity contribution in [3.8, 4) is 0 Å². The largest absolute Gasteiger partial charge is 0.465 e. The zero-order valence-electron chi connectivity index (χ0n) is 14.9. The van der Waals surface area contributed by atoms with Gasteiger partial charge in [0.05, 0.1) is 13.2 Å². The number of methoxy groups -OCH3 is 1. The van der Waals surface area contributed by atoms with Crippen LogP contribution in [0.4, 0.5) is 4.79 Å². The highest BCUT2D eigenvalue weighted by molar-refractivity contribution is 5.67. The van der Waals surface area contributed by atoms with Gasteiger partial charge in [0.15, 0.2) is 0 Å². The minimum Gasteiger partial charge on any atom is -0.465 e. The molecule has 23 heavy (non-hydrogen) atoms. The van der Waals surface area contributed by atoms with Crippen LogP contribution >= 0.6 is 0 Å². The normalized spacial score (nSPS) is 12.9. The van der Waals surface area contributed by atoms with E-state index < -0.39 is 5.60 Å². The Morgan fingerprint density at radius 3 is 2.65 bits per heavy atom. The molecule has 0 bridgehead atoms. The second kappa shape index (κ2) is 9.57. The molecule has 0 aliphatic heterocycles. The molecule has 0 aliphatic rings. The number of carbonyl (C=O) groups is 1. The fourth-order valence-electron chi connectivity index (χ4n) is 2.12. The van der Waals surface area contributed by atoms with Gasteiger partial charge in [-0.05, 0) is 52.7 Å². The summed E-state index contributed by atoms with van der Waals surface area (Å²) in [7, 11) is 1.69. The van der Waals surface area contributed by atoms with E-state index in [-0.39, 0.29) is 12.1 Å². The molecule has 1 atom stereocenters. The van der Waals surface area contributed by atoms with Crippen molar-refractivity contribution in [2.45, 2.75) is 58.7 Å². The van der Waals surface area contributed by atoms with Crippen molar-refractivity contribution in [2.75, 3.05) is 20.3 Å². The predicted octanol–water partition coefficient (Wildman–Crippen LogP) is 3.00. The summed E-state index contributed by atoms with van der Waals surface area (Å²) < 4.78 is 16.0. The SMILES string of the molecule is COCC(CCCNC(=O)OC(C)(C)C)NCc1ccc(C)o1. The van der Waals surface area contributed by atoms with Gasteiger partial charge in [-0.15, -0.1) is 0 Å². The smallest absolute Gasteiger partial charge is 0.407 e. The molecule has 1 unspecified atom stereocenters. The lowest BCUT2D eigenvalue weighted by atomic mass is 10.1. The van der Waals surface area contributed by atoms with E-state index in [9.17, 15) is 4.79 Å². The highest BCUT2D eigenvalue weighted by Gasteiger charge is 2.15. The highest BCUT2D eigenvalue weighted by Crippen LogP contribution is 2.08. The van der Waals surface area contributed by atoms with Crippen LogP contribution in [0.3, 0.4) is 0 Å². The molecule has 2 N–H and O–H groups in total. The van der Waals surface area contributed by atoms with Crippen LogP contribution in [-0.2, 0) is 16.0 Å². The average molecular weight is 326 g/mol. The number of hydrogen-bond donors (Lipinski definition) is 2. The Balaban J connectivity index is 2.23. The first-order valence-electron chi connectivity index (χ1n) is 8.04. The molecule has 132 valence electrons. The molecule has 1 heterocycles. The van der Waals surface area contributed by atoms with Crippen molar-refractivity contribution in [1.82, 2.24) is 10.6 Å². The molecule has 1 rings (SSSR count). The van der Waals surface area contributed by atoms with Crippen molar-refractivity contribution in [2.24, 2.45) is 0 Å².